The Morgan fingerprint density at radius 2 is 1.95 bits per heavy atom. The number of nitrogens with zero attached hydrogens (tertiary/aromatic N) is 3. The Balaban J connectivity index is 2.02. The summed E-state index contributed by atoms with van der Waals surface area (Å²) >= 11 is 0. The molecule has 0 aliphatic carbocycles. The molecule has 1 N–H and O–H groups in total. The summed E-state index contributed by atoms with van der Waals surface area (Å²) in [5, 5.41) is 20.0. The molecule has 1 heterocycles. The molecule has 0 aromatic heterocycles. The summed E-state index contributed by atoms with van der Waals surface area (Å²) < 4.78 is 0. The minimum absolute atomic E-state index is 0.198. The molecule has 0 atom stereocenters. The highest BCUT2D eigenvalue weighted by Crippen LogP contribution is 2.22. The number of aliphatic hydroxyl groups excluding tert-OH is 1. The molecule has 0 saturated carbocycles. The molecule has 1 aromatic carbocycles. The van der Waals surface area contributed by atoms with Crippen LogP contribution in [0.15, 0.2) is 18.2 Å². The normalized spacial score (nSPS) is 17.6. The third kappa shape index (κ3) is 4.23. The van der Waals surface area contributed by atoms with Crippen LogP contribution in [0.4, 0.5) is 5.69 Å². The lowest BCUT2D eigenvalue weighted by Gasteiger charge is -2.22. The second-order valence-corrected chi connectivity index (χ2v) is 5.51. The number of hydrogen-bond acceptors (Lipinski definition) is 5. The average Bonchev–Trinajstić information content (AvgIpc) is 2.67. The standard InChI is InChI=1S/C15H23N3O3/c1-13-14(4-2-5-15(13)18(20)21)12-17-7-3-6-16(8-9-17)10-11-19/h2,4-5,19H,3,6-12H2,1H3. The van der Waals surface area contributed by atoms with E-state index in [9.17, 15) is 10.1 Å². The lowest BCUT2D eigenvalue weighted by atomic mass is 10.1. The van der Waals surface area contributed by atoms with Gasteiger partial charge in [-0.05, 0) is 32.0 Å². The summed E-state index contributed by atoms with van der Waals surface area (Å²) in [4.78, 5) is 15.3. The van der Waals surface area contributed by atoms with Gasteiger partial charge in [0, 0.05) is 37.8 Å². The van der Waals surface area contributed by atoms with E-state index in [0.29, 0.717) is 0 Å². The van der Waals surface area contributed by atoms with E-state index in [-0.39, 0.29) is 17.2 Å². The topological polar surface area (TPSA) is 69.8 Å². The first-order chi connectivity index (χ1) is 10.1. The third-order valence-corrected chi connectivity index (χ3v) is 4.11. The summed E-state index contributed by atoms with van der Waals surface area (Å²) in [5.41, 5.74) is 1.99. The molecule has 1 aromatic rings. The fourth-order valence-electron chi connectivity index (χ4n) is 2.83. The molecule has 6 heteroatoms. The van der Waals surface area contributed by atoms with Gasteiger partial charge in [-0.25, -0.2) is 0 Å². The number of benzene rings is 1. The maximum atomic E-state index is 11.0. The number of nitro groups is 1. The van der Waals surface area contributed by atoms with Gasteiger partial charge in [-0.15, -0.1) is 0 Å². The Morgan fingerprint density at radius 1 is 1.24 bits per heavy atom. The van der Waals surface area contributed by atoms with Crippen LogP contribution in [0.1, 0.15) is 17.5 Å². The molecule has 116 valence electrons. The van der Waals surface area contributed by atoms with E-state index in [1.807, 2.05) is 13.0 Å². The molecule has 0 radical (unpaired) electrons. The van der Waals surface area contributed by atoms with Crippen molar-refractivity contribution >= 4 is 5.69 Å². The SMILES string of the molecule is Cc1c(CN2CCCN(CCO)CC2)cccc1[N+](=O)[O-]. The number of rotatable bonds is 5. The fraction of sp³-hybridized carbons (Fsp3) is 0.600. The zero-order valence-electron chi connectivity index (χ0n) is 12.5. The quantitative estimate of drug-likeness (QED) is 0.656. The summed E-state index contributed by atoms with van der Waals surface area (Å²) in [5.74, 6) is 0. The molecule has 1 aliphatic heterocycles. The van der Waals surface area contributed by atoms with Gasteiger partial charge < -0.3 is 5.11 Å². The van der Waals surface area contributed by atoms with E-state index in [1.54, 1.807) is 12.1 Å². The zero-order chi connectivity index (χ0) is 15.2. The van der Waals surface area contributed by atoms with Crippen molar-refractivity contribution in [2.24, 2.45) is 0 Å². The number of β-amino-alcohol motifs (C(OH)–C–C–N with tert-alkyl or cyclic N) is 1. The van der Waals surface area contributed by atoms with Crippen molar-refractivity contribution in [1.29, 1.82) is 0 Å². The molecule has 1 fully saturated rings. The summed E-state index contributed by atoms with van der Waals surface area (Å²) in [7, 11) is 0. The van der Waals surface area contributed by atoms with Gasteiger partial charge in [0.1, 0.15) is 0 Å². The van der Waals surface area contributed by atoms with Crippen molar-refractivity contribution in [2.75, 3.05) is 39.3 Å². The van der Waals surface area contributed by atoms with Gasteiger partial charge in [-0.3, -0.25) is 19.9 Å². The molecule has 0 amide bonds. The molecule has 0 bridgehead atoms. The molecule has 1 aliphatic rings. The summed E-state index contributed by atoms with van der Waals surface area (Å²) in [6, 6.07) is 5.29. The van der Waals surface area contributed by atoms with Gasteiger partial charge in [0.05, 0.1) is 11.5 Å². The van der Waals surface area contributed by atoms with Gasteiger partial charge in [0.15, 0.2) is 0 Å². The molecule has 1 saturated heterocycles. The Morgan fingerprint density at radius 3 is 2.67 bits per heavy atom. The minimum Gasteiger partial charge on any atom is -0.395 e. The summed E-state index contributed by atoms with van der Waals surface area (Å²) in [6.07, 6.45) is 1.06. The lowest BCUT2D eigenvalue weighted by Crippen LogP contribution is -2.32. The second-order valence-electron chi connectivity index (χ2n) is 5.51. The third-order valence-electron chi connectivity index (χ3n) is 4.11. The number of aliphatic hydroxyl groups is 1. The van der Waals surface area contributed by atoms with Crippen LogP contribution in [0.25, 0.3) is 0 Å². The molecule has 0 spiro atoms. The van der Waals surface area contributed by atoms with Crippen LogP contribution < -0.4 is 0 Å². The predicted molar refractivity (Wildman–Crippen MR) is 81.3 cm³/mol. The maximum absolute atomic E-state index is 11.0. The van der Waals surface area contributed by atoms with E-state index < -0.39 is 0 Å². The largest absolute Gasteiger partial charge is 0.395 e. The van der Waals surface area contributed by atoms with Crippen LogP contribution in [0.5, 0.6) is 0 Å². The van der Waals surface area contributed by atoms with Gasteiger partial charge >= 0.3 is 0 Å². The van der Waals surface area contributed by atoms with E-state index in [4.69, 9.17) is 5.11 Å². The van der Waals surface area contributed by atoms with Crippen molar-refractivity contribution in [3.63, 3.8) is 0 Å². The van der Waals surface area contributed by atoms with Crippen LogP contribution >= 0.6 is 0 Å². The number of hydrogen-bond donors (Lipinski definition) is 1. The van der Waals surface area contributed by atoms with Crippen LogP contribution in [0, 0.1) is 17.0 Å². The zero-order valence-corrected chi connectivity index (χ0v) is 12.5. The van der Waals surface area contributed by atoms with E-state index >= 15 is 0 Å². The highest BCUT2D eigenvalue weighted by molar-refractivity contribution is 5.44. The van der Waals surface area contributed by atoms with Crippen molar-refractivity contribution in [3.05, 3.63) is 39.4 Å². The first-order valence-electron chi connectivity index (χ1n) is 7.40. The number of nitro benzene ring substituents is 1. The molecular weight excluding hydrogens is 270 g/mol. The van der Waals surface area contributed by atoms with Crippen LogP contribution in [0.3, 0.4) is 0 Å². The van der Waals surface area contributed by atoms with Crippen molar-refractivity contribution in [2.45, 2.75) is 19.9 Å². The van der Waals surface area contributed by atoms with Crippen molar-refractivity contribution in [3.8, 4) is 0 Å². The van der Waals surface area contributed by atoms with Crippen LogP contribution in [-0.4, -0.2) is 59.2 Å². The van der Waals surface area contributed by atoms with Gasteiger partial charge in [0.25, 0.3) is 5.69 Å². The van der Waals surface area contributed by atoms with Gasteiger partial charge in [-0.1, -0.05) is 12.1 Å². The first kappa shape index (κ1) is 15.9. The summed E-state index contributed by atoms with van der Waals surface area (Å²) in [6.45, 7) is 7.36. The van der Waals surface area contributed by atoms with E-state index in [0.717, 1.165) is 56.8 Å². The molecular formula is C15H23N3O3. The Kier molecular flexibility index (Phi) is 5.67. The van der Waals surface area contributed by atoms with Crippen LogP contribution in [0.2, 0.25) is 0 Å². The Bertz CT molecular complexity index is 493. The van der Waals surface area contributed by atoms with Gasteiger partial charge in [-0.2, -0.15) is 0 Å². The average molecular weight is 293 g/mol. The highest BCUT2D eigenvalue weighted by atomic mass is 16.6. The maximum Gasteiger partial charge on any atom is 0.272 e. The monoisotopic (exact) mass is 293 g/mol. The molecule has 2 rings (SSSR count). The van der Waals surface area contributed by atoms with Crippen molar-refractivity contribution in [1.82, 2.24) is 9.80 Å². The Labute approximate surface area is 125 Å². The predicted octanol–water partition coefficient (Wildman–Crippen LogP) is 1.40. The second kappa shape index (κ2) is 7.49. The van der Waals surface area contributed by atoms with Crippen LogP contribution in [-0.2, 0) is 6.54 Å². The minimum atomic E-state index is -0.315. The molecule has 6 nitrogen and oxygen atoms in total. The molecule has 0 unspecified atom stereocenters. The smallest absolute Gasteiger partial charge is 0.272 e. The highest BCUT2D eigenvalue weighted by Gasteiger charge is 2.18. The molecule has 21 heavy (non-hydrogen) atoms. The lowest BCUT2D eigenvalue weighted by molar-refractivity contribution is -0.385. The van der Waals surface area contributed by atoms with E-state index in [2.05, 4.69) is 9.80 Å². The fourth-order valence-corrected chi connectivity index (χ4v) is 2.83. The van der Waals surface area contributed by atoms with E-state index in [1.165, 1.54) is 0 Å². The Hall–Kier alpha value is -1.50. The van der Waals surface area contributed by atoms with Gasteiger partial charge in [0.2, 0.25) is 0 Å². The van der Waals surface area contributed by atoms with Crippen molar-refractivity contribution < 1.29 is 10.0 Å². The first-order valence-corrected chi connectivity index (χ1v) is 7.40.